The minimum Gasteiger partial charge on any atom is -0.462 e. The minimum absolute atomic E-state index is 0.107. The summed E-state index contributed by atoms with van der Waals surface area (Å²) in [6.07, 6.45) is 65.4. The number of aliphatic hydroxyl groups is 1. The molecule has 98 heavy (non-hydrogen) atoms. The first-order valence-electron chi connectivity index (χ1n) is 41.3. The van der Waals surface area contributed by atoms with E-state index in [0.29, 0.717) is 25.7 Å². The molecule has 0 rings (SSSR count). The fraction of sp³-hybridized carbons (Fsp3) is 0.949. The lowest BCUT2D eigenvalue weighted by Gasteiger charge is -2.21. The summed E-state index contributed by atoms with van der Waals surface area (Å²) in [5.74, 6) is -2.11. The monoisotopic (exact) mass is 1440 g/mol. The predicted octanol–water partition coefficient (Wildman–Crippen LogP) is 23.8. The third-order valence-corrected chi connectivity index (χ3v) is 20.5. The fourth-order valence-corrected chi connectivity index (χ4v) is 13.9. The molecule has 19 heteroatoms. The van der Waals surface area contributed by atoms with E-state index in [1.807, 2.05) is 0 Å². The van der Waals surface area contributed by atoms with Gasteiger partial charge in [0.25, 0.3) is 0 Å². The number of hydrogen-bond donors (Lipinski definition) is 3. The van der Waals surface area contributed by atoms with Crippen LogP contribution in [0.1, 0.15) is 426 Å². The number of aliphatic hydroxyl groups excluding tert-OH is 1. The maximum Gasteiger partial charge on any atom is 0.472 e. The fourth-order valence-electron chi connectivity index (χ4n) is 12.3. The zero-order valence-corrected chi connectivity index (χ0v) is 65.6. The molecule has 0 saturated carbocycles. The van der Waals surface area contributed by atoms with Crippen molar-refractivity contribution in [3.05, 3.63) is 0 Å². The van der Waals surface area contributed by atoms with Crippen LogP contribution in [0.4, 0.5) is 0 Å². The first kappa shape index (κ1) is 96.1. The van der Waals surface area contributed by atoms with Gasteiger partial charge >= 0.3 is 39.5 Å². The zero-order chi connectivity index (χ0) is 71.8. The Morgan fingerprint density at radius 1 is 0.245 bits per heavy atom. The van der Waals surface area contributed by atoms with Crippen molar-refractivity contribution in [3.8, 4) is 0 Å². The highest BCUT2D eigenvalue weighted by atomic mass is 31.2. The first-order valence-corrected chi connectivity index (χ1v) is 44.3. The van der Waals surface area contributed by atoms with Crippen molar-refractivity contribution >= 4 is 39.5 Å². The number of rotatable bonds is 80. The number of hydrogen-bond acceptors (Lipinski definition) is 15. The Hall–Kier alpha value is -1.94. The predicted molar refractivity (Wildman–Crippen MR) is 400 cm³/mol. The number of unbranched alkanes of at least 4 members (excludes halogenated alkanes) is 54. The van der Waals surface area contributed by atoms with Crippen molar-refractivity contribution in [1.29, 1.82) is 0 Å². The van der Waals surface area contributed by atoms with Gasteiger partial charge in [0.05, 0.1) is 26.4 Å². The number of ether oxygens (including phenoxy) is 4. The molecule has 0 fully saturated rings. The van der Waals surface area contributed by atoms with E-state index < -0.39 is 97.5 Å². The van der Waals surface area contributed by atoms with Crippen LogP contribution in [-0.2, 0) is 65.4 Å². The molecule has 0 amide bonds. The summed E-state index contributed by atoms with van der Waals surface area (Å²) in [4.78, 5) is 72.8. The molecule has 0 aromatic rings. The maximum atomic E-state index is 13.1. The van der Waals surface area contributed by atoms with E-state index in [4.69, 9.17) is 37.0 Å². The van der Waals surface area contributed by atoms with Gasteiger partial charge < -0.3 is 33.8 Å². The Morgan fingerprint density at radius 3 is 0.602 bits per heavy atom. The van der Waals surface area contributed by atoms with Gasteiger partial charge in [0.1, 0.15) is 19.3 Å². The average molecular weight is 1440 g/mol. The molecule has 0 spiro atoms. The Labute approximate surface area is 600 Å². The molecule has 0 aliphatic rings. The number of carbonyl (C=O) groups excluding carboxylic acids is 4. The number of phosphoric acid groups is 2. The van der Waals surface area contributed by atoms with Crippen molar-refractivity contribution in [2.45, 2.75) is 444 Å². The van der Waals surface area contributed by atoms with Crippen molar-refractivity contribution < 1.29 is 80.2 Å². The van der Waals surface area contributed by atoms with Gasteiger partial charge in [-0.25, -0.2) is 9.13 Å². The largest absolute Gasteiger partial charge is 0.472 e. The van der Waals surface area contributed by atoms with Gasteiger partial charge in [-0.3, -0.25) is 37.3 Å². The molecular weight excluding hydrogens is 1280 g/mol. The maximum absolute atomic E-state index is 13.1. The minimum atomic E-state index is -4.96. The molecule has 0 aliphatic heterocycles. The van der Waals surface area contributed by atoms with Gasteiger partial charge in [0.15, 0.2) is 12.2 Å². The smallest absolute Gasteiger partial charge is 0.462 e. The van der Waals surface area contributed by atoms with Crippen LogP contribution in [0.25, 0.3) is 0 Å². The van der Waals surface area contributed by atoms with Crippen molar-refractivity contribution in [1.82, 2.24) is 0 Å². The van der Waals surface area contributed by atoms with Crippen LogP contribution < -0.4 is 0 Å². The highest BCUT2D eigenvalue weighted by Crippen LogP contribution is 2.45. The quantitative estimate of drug-likeness (QED) is 0.0222. The van der Waals surface area contributed by atoms with Crippen LogP contribution in [0, 0.1) is 0 Å². The highest BCUT2D eigenvalue weighted by Gasteiger charge is 2.30. The second kappa shape index (κ2) is 73.4. The number of carbonyl (C=O) groups is 4. The van der Waals surface area contributed by atoms with E-state index >= 15 is 0 Å². The zero-order valence-electron chi connectivity index (χ0n) is 63.8. The molecule has 0 bridgehead atoms. The third-order valence-electron chi connectivity index (χ3n) is 18.6. The van der Waals surface area contributed by atoms with Gasteiger partial charge in [0.2, 0.25) is 0 Å². The van der Waals surface area contributed by atoms with Crippen molar-refractivity contribution in [2.24, 2.45) is 0 Å². The molecule has 17 nitrogen and oxygen atoms in total. The second-order valence-electron chi connectivity index (χ2n) is 28.5. The van der Waals surface area contributed by atoms with Crippen molar-refractivity contribution in [3.63, 3.8) is 0 Å². The second-order valence-corrected chi connectivity index (χ2v) is 31.4. The van der Waals surface area contributed by atoms with Crippen LogP contribution in [0.5, 0.6) is 0 Å². The first-order chi connectivity index (χ1) is 47.7. The van der Waals surface area contributed by atoms with Gasteiger partial charge in [-0.15, -0.1) is 0 Å². The van der Waals surface area contributed by atoms with Crippen LogP contribution in [0.3, 0.4) is 0 Å². The van der Waals surface area contributed by atoms with E-state index in [0.717, 1.165) is 89.9 Å². The van der Waals surface area contributed by atoms with E-state index in [2.05, 4.69) is 27.7 Å². The number of esters is 4. The molecule has 0 heterocycles. The van der Waals surface area contributed by atoms with Gasteiger partial charge in [-0.05, 0) is 25.7 Å². The van der Waals surface area contributed by atoms with E-state index in [-0.39, 0.29) is 25.7 Å². The molecule has 3 N–H and O–H groups in total. The lowest BCUT2D eigenvalue weighted by molar-refractivity contribution is -0.161. The van der Waals surface area contributed by atoms with Crippen LogP contribution in [-0.4, -0.2) is 96.7 Å². The van der Waals surface area contributed by atoms with Gasteiger partial charge in [-0.2, -0.15) is 0 Å². The molecule has 0 saturated heterocycles. The summed E-state index contributed by atoms with van der Waals surface area (Å²) in [6.45, 7) is 4.98. The van der Waals surface area contributed by atoms with E-state index in [1.165, 1.54) is 257 Å². The van der Waals surface area contributed by atoms with Crippen LogP contribution in [0.2, 0.25) is 0 Å². The Balaban J connectivity index is 5.17. The van der Waals surface area contributed by atoms with Crippen LogP contribution in [0.15, 0.2) is 0 Å². The molecular formula is C79H154O17P2. The van der Waals surface area contributed by atoms with E-state index in [9.17, 15) is 43.2 Å². The molecule has 0 radical (unpaired) electrons. The van der Waals surface area contributed by atoms with E-state index in [1.54, 1.807) is 0 Å². The van der Waals surface area contributed by atoms with Gasteiger partial charge in [-0.1, -0.05) is 374 Å². The topological polar surface area (TPSA) is 237 Å². The Kier molecular flexibility index (Phi) is 71.9. The SMILES string of the molecule is CCCCCCCCCCCCCCCCCCCCCCC(=O)O[C@H](COC(=O)CCCCCCCCCCCCCCCCCCCCC)COP(=O)(O)OC[C@@H](O)COP(=O)(O)OC[C@@H](COC(=O)CCCCCCCCCC)OC(=O)CCCCCCCCCCCCC. The third kappa shape index (κ3) is 72.4. The average Bonchev–Trinajstić information content (AvgIpc) is 1.01. The highest BCUT2D eigenvalue weighted by molar-refractivity contribution is 7.47. The molecule has 2 unspecified atom stereocenters. The molecule has 0 aromatic carbocycles. The summed E-state index contributed by atoms with van der Waals surface area (Å²) in [6, 6.07) is 0. The lowest BCUT2D eigenvalue weighted by atomic mass is 10.0. The summed E-state index contributed by atoms with van der Waals surface area (Å²) in [5, 5.41) is 10.6. The van der Waals surface area contributed by atoms with Crippen molar-refractivity contribution in [2.75, 3.05) is 39.6 Å². The molecule has 0 aromatic heterocycles. The molecule has 582 valence electrons. The lowest BCUT2D eigenvalue weighted by Crippen LogP contribution is -2.30. The normalized spacial score (nSPS) is 13.8. The summed E-state index contributed by atoms with van der Waals surface area (Å²) in [7, 11) is -9.91. The summed E-state index contributed by atoms with van der Waals surface area (Å²) < 4.78 is 68.5. The van der Waals surface area contributed by atoms with Crippen LogP contribution >= 0.6 is 15.6 Å². The summed E-state index contributed by atoms with van der Waals surface area (Å²) >= 11 is 0. The number of phosphoric ester groups is 2. The Morgan fingerprint density at radius 2 is 0.408 bits per heavy atom. The molecule has 5 atom stereocenters. The standard InChI is InChI=1S/C79H154O17P2/c1-5-9-13-17-21-25-28-30-32-34-36-38-40-42-44-47-50-54-58-62-66-79(84)96-75(70-90-77(82)64-60-56-52-48-46-43-41-39-37-35-33-31-29-26-22-18-14-10-6-2)72-94-98(87,88)92-68-73(80)67-91-97(85,86)93-71-74(69-89-76(81)63-59-55-51-24-20-16-12-8-4)95-78(83)65-61-57-53-49-45-27-23-19-15-11-7-3/h73-75,80H,5-72H2,1-4H3,(H,85,86)(H,87,88)/t73-,74+,75+/m0/s1. The Bertz CT molecular complexity index is 1860. The summed E-state index contributed by atoms with van der Waals surface area (Å²) in [5.41, 5.74) is 0. The van der Waals surface area contributed by atoms with Gasteiger partial charge in [0, 0.05) is 25.7 Å². The molecule has 0 aliphatic carbocycles.